The molecule has 22 heavy (non-hydrogen) atoms. The van der Waals surface area contributed by atoms with E-state index in [0.717, 1.165) is 35.7 Å². The Morgan fingerprint density at radius 1 is 1.09 bits per heavy atom. The highest BCUT2D eigenvalue weighted by Crippen LogP contribution is 2.32. The highest BCUT2D eigenvalue weighted by molar-refractivity contribution is 5.42. The monoisotopic (exact) mass is 299 g/mol. The molecule has 116 valence electrons. The van der Waals surface area contributed by atoms with Crippen molar-refractivity contribution in [2.45, 2.75) is 24.8 Å². The summed E-state index contributed by atoms with van der Waals surface area (Å²) in [6, 6.07) is 13.6. The molecule has 1 aliphatic carbocycles. The lowest BCUT2D eigenvalue weighted by atomic mass is 9.79. The van der Waals surface area contributed by atoms with E-state index >= 15 is 0 Å². The summed E-state index contributed by atoms with van der Waals surface area (Å²) in [4.78, 5) is 0. The zero-order valence-corrected chi connectivity index (χ0v) is 12.7. The Labute approximate surface area is 130 Å². The summed E-state index contributed by atoms with van der Waals surface area (Å²) in [6.07, 6.45) is 2.38. The molecule has 4 heteroatoms. The molecular weight excluding hydrogens is 278 g/mol. The summed E-state index contributed by atoms with van der Waals surface area (Å²) >= 11 is 0. The van der Waals surface area contributed by atoms with Crippen molar-refractivity contribution in [2.24, 2.45) is 5.73 Å². The third kappa shape index (κ3) is 3.08. The van der Waals surface area contributed by atoms with Crippen LogP contribution >= 0.6 is 0 Å². The van der Waals surface area contributed by atoms with Crippen molar-refractivity contribution in [3.05, 3.63) is 53.6 Å². The minimum Gasteiger partial charge on any atom is -0.497 e. The predicted molar refractivity (Wildman–Crippen MR) is 85.5 cm³/mol. The van der Waals surface area contributed by atoms with Gasteiger partial charge in [-0.05, 0) is 54.7 Å². The van der Waals surface area contributed by atoms with Gasteiger partial charge in [0.25, 0.3) is 0 Å². The van der Waals surface area contributed by atoms with E-state index in [1.54, 1.807) is 7.11 Å². The molecule has 3 rings (SSSR count). The van der Waals surface area contributed by atoms with Crippen LogP contribution < -0.4 is 15.2 Å². The van der Waals surface area contributed by atoms with E-state index in [1.165, 1.54) is 5.56 Å². The molecule has 0 saturated carbocycles. The predicted octanol–water partition coefficient (Wildman–Crippen LogP) is 2.67. The Hall–Kier alpha value is -2.04. The summed E-state index contributed by atoms with van der Waals surface area (Å²) in [5.74, 6) is 2.27. The van der Waals surface area contributed by atoms with E-state index < -0.39 is 5.54 Å². The first-order chi connectivity index (χ1) is 10.6. The topological polar surface area (TPSA) is 64.7 Å². The number of aliphatic hydroxyl groups excluding tert-OH is 1. The van der Waals surface area contributed by atoms with E-state index in [1.807, 2.05) is 36.4 Å². The van der Waals surface area contributed by atoms with Crippen molar-refractivity contribution in [2.75, 3.05) is 13.7 Å². The lowest BCUT2D eigenvalue weighted by Gasteiger charge is -2.33. The van der Waals surface area contributed by atoms with Gasteiger partial charge in [-0.25, -0.2) is 0 Å². The van der Waals surface area contributed by atoms with Crippen LogP contribution in [0.4, 0.5) is 0 Å². The standard InChI is InChI=1S/C18H21NO3/c1-21-15-3-2-4-16(10-15)22-17-6-5-13-7-8-18(19,12-20)11-14(13)9-17/h2-6,9-10,20H,7-8,11-12,19H2,1H3. The van der Waals surface area contributed by atoms with Crippen LogP contribution in [0.25, 0.3) is 0 Å². The highest BCUT2D eigenvalue weighted by Gasteiger charge is 2.29. The molecule has 0 saturated heterocycles. The first kappa shape index (κ1) is 14.9. The fourth-order valence-corrected chi connectivity index (χ4v) is 2.86. The Morgan fingerprint density at radius 2 is 1.86 bits per heavy atom. The Kier molecular flexibility index (Phi) is 4.05. The van der Waals surface area contributed by atoms with Crippen molar-refractivity contribution >= 4 is 0 Å². The van der Waals surface area contributed by atoms with Gasteiger partial charge in [-0.2, -0.15) is 0 Å². The summed E-state index contributed by atoms with van der Waals surface area (Å²) in [5.41, 5.74) is 8.13. The molecule has 0 spiro atoms. The van der Waals surface area contributed by atoms with Gasteiger partial charge in [-0.15, -0.1) is 0 Å². The third-order valence-corrected chi connectivity index (χ3v) is 4.20. The quantitative estimate of drug-likeness (QED) is 0.911. The van der Waals surface area contributed by atoms with Gasteiger partial charge in [-0.3, -0.25) is 0 Å². The molecule has 0 amide bonds. The molecule has 3 N–H and O–H groups in total. The van der Waals surface area contributed by atoms with Crippen LogP contribution in [0.1, 0.15) is 17.5 Å². The fourth-order valence-electron chi connectivity index (χ4n) is 2.86. The van der Waals surface area contributed by atoms with Gasteiger partial charge in [-0.1, -0.05) is 12.1 Å². The van der Waals surface area contributed by atoms with E-state index in [4.69, 9.17) is 15.2 Å². The van der Waals surface area contributed by atoms with Crippen LogP contribution in [0.2, 0.25) is 0 Å². The molecule has 2 aromatic carbocycles. The van der Waals surface area contributed by atoms with Crippen LogP contribution in [0, 0.1) is 0 Å². The maximum Gasteiger partial charge on any atom is 0.131 e. The van der Waals surface area contributed by atoms with Crippen molar-refractivity contribution in [1.29, 1.82) is 0 Å². The number of fused-ring (bicyclic) bond motifs is 1. The van der Waals surface area contributed by atoms with E-state index in [9.17, 15) is 5.11 Å². The molecule has 1 unspecified atom stereocenters. The molecule has 0 aromatic heterocycles. The Morgan fingerprint density at radius 3 is 2.64 bits per heavy atom. The smallest absolute Gasteiger partial charge is 0.131 e. The highest BCUT2D eigenvalue weighted by atomic mass is 16.5. The van der Waals surface area contributed by atoms with Crippen LogP contribution in [0.15, 0.2) is 42.5 Å². The zero-order valence-electron chi connectivity index (χ0n) is 12.7. The fraction of sp³-hybridized carbons (Fsp3) is 0.333. The van der Waals surface area contributed by atoms with Gasteiger partial charge >= 0.3 is 0 Å². The van der Waals surface area contributed by atoms with Crippen LogP contribution in [0.3, 0.4) is 0 Å². The SMILES string of the molecule is COc1cccc(Oc2ccc3c(c2)CC(N)(CO)CC3)c1. The minimum absolute atomic E-state index is 0.00735. The molecule has 0 radical (unpaired) electrons. The van der Waals surface area contributed by atoms with Crippen molar-refractivity contribution in [3.63, 3.8) is 0 Å². The number of ether oxygens (including phenoxy) is 2. The van der Waals surface area contributed by atoms with E-state index in [0.29, 0.717) is 6.42 Å². The number of aliphatic hydroxyl groups is 1. The van der Waals surface area contributed by atoms with Crippen molar-refractivity contribution in [3.8, 4) is 17.2 Å². The normalized spacial score (nSPS) is 20.3. The molecule has 0 aliphatic heterocycles. The lowest BCUT2D eigenvalue weighted by molar-refractivity contribution is 0.181. The molecule has 2 aromatic rings. The van der Waals surface area contributed by atoms with Gasteiger partial charge in [0.1, 0.15) is 17.2 Å². The number of hydrogen-bond donors (Lipinski definition) is 2. The van der Waals surface area contributed by atoms with Gasteiger partial charge in [0.05, 0.1) is 13.7 Å². The molecule has 1 aliphatic rings. The molecule has 1 atom stereocenters. The van der Waals surface area contributed by atoms with Crippen LogP contribution in [0.5, 0.6) is 17.2 Å². The van der Waals surface area contributed by atoms with Gasteiger partial charge in [0, 0.05) is 11.6 Å². The largest absolute Gasteiger partial charge is 0.497 e. The number of benzene rings is 2. The van der Waals surface area contributed by atoms with Gasteiger partial charge < -0.3 is 20.3 Å². The van der Waals surface area contributed by atoms with Gasteiger partial charge in [0.15, 0.2) is 0 Å². The summed E-state index contributed by atoms with van der Waals surface area (Å²) < 4.78 is 11.1. The average Bonchev–Trinajstić information content (AvgIpc) is 2.54. The molecule has 4 nitrogen and oxygen atoms in total. The second-order valence-electron chi connectivity index (χ2n) is 5.91. The first-order valence-corrected chi connectivity index (χ1v) is 7.45. The second kappa shape index (κ2) is 5.99. The van der Waals surface area contributed by atoms with Crippen LogP contribution in [-0.2, 0) is 12.8 Å². The maximum absolute atomic E-state index is 9.47. The number of hydrogen-bond acceptors (Lipinski definition) is 4. The minimum atomic E-state index is -0.512. The number of aryl methyl sites for hydroxylation is 1. The lowest BCUT2D eigenvalue weighted by Crippen LogP contribution is -2.48. The third-order valence-electron chi connectivity index (χ3n) is 4.20. The van der Waals surface area contributed by atoms with E-state index in [-0.39, 0.29) is 6.61 Å². The maximum atomic E-state index is 9.47. The Bertz CT molecular complexity index is 671. The summed E-state index contributed by atoms with van der Waals surface area (Å²) in [5, 5.41) is 9.47. The van der Waals surface area contributed by atoms with Crippen molar-refractivity contribution < 1.29 is 14.6 Å². The number of rotatable bonds is 4. The summed E-state index contributed by atoms with van der Waals surface area (Å²) in [7, 11) is 1.63. The van der Waals surface area contributed by atoms with Crippen LogP contribution in [-0.4, -0.2) is 24.4 Å². The second-order valence-corrected chi connectivity index (χ2v) is 5.91. The first-order valence-electron chi connectivity index (χ1n) is 7.45. The number of methoxy groups -OCH3 is 1. The van der Waals surface area contributed by atoms with Crippen molar-refractivity contribution in [1.82, 2.24) is 0 Å². The summed E-state index contributed by atoms with van der Waals surface area (Å²) in [6.45, 7) is 0.00735. The zero-order chi connectivity index (χ0) is 15.6. The molecule has 0 heterocycles. The van der Waals surface area contributed by atoms with E-state index in [2.05, 4.69) is 6.07 Å². The molecule has 0 bridgehead atoms. The molecular formula is C18H21NO3. The number of nitrogens with two attached hydrogens (primary N) is 1. The average molecular weight is 299 g/mol. The molecule has 0 fully saturated rings. The Balaban J connectivity index is 1.83. The van der Waals surface area contributed by atoms with Gasteiger partial charge in [0.2, 0.25) is 0 Å².